The van der Waals surface area contributed by atoms with Gasteiger partial charge in [-0.15, -0.1) is 11.3 Å². The van der Waals surface area contributed by atoms with Crippen LogP contribution in [0.5, 0.6) is 0 Å². The molecule has 2 aromatic rings. The molecular weight excluding hydrogens is 282 g/mol. The molecule has 1 aliphatic rings. The van der Waals surface area contributed by atoms with Crippen LogP contribution in [0.2, 0.25) is 0 Å². The lowest BCUT2D eigenvalue weighted by Crippen LogP contribution is -2.50. The Hall–Kier alpha value is -1.27. The van der Waals surface area contributed by atoms with Gasteiger partial charge in [-0.1, -0.05) is 24.3 Å². The van der Waals surface area contributed by atoms with Gasteiger partial charge in [-0.3, -0.25) is 4.90 Å². The Morgan fingerprint density at radius 2 is 2.24 bits per heavy atom. The molecule has 0 unspecified atom stereocenters. The van der Waals surface area contributed by atoms with Gasteiger partial charge in [0.1, 0.15) is 5.01 Å². The molecule has 1 aromatic carbocycles. The maximum atomic E-state index is 9.87. The van der Waals surface area contributed by atoms with Crippen molar-refractivity contribution in [3.05, 3.63) is 40.9 Å². The molecule has 3 rings (SSSR count). The van der Waals surface area contributed by atoms with Crippen LogP contribution in [0.15, 0.2) is 30.5 Å². The standard InChI is InChI=1S/C16H21N3OS/c1-11-4-2-3-5-13(11)16-18-8-12(21-16)9-19-7-6-14(17)15(20)10-19/h2-5,8,14-15,20H,6-7,9-10,17H2,1H3/t14-,15-/m1/s1. The van der Waals surface area contributed by atoms with E-state index in [4.69, 9.17) is 5.73 Å². The van der Waals surface area contributed by atoms with Gasteiger partial charge in [-0.05, 0) is 18.9 Å². The zero-order valence-electron chi connectivity index (χ0n) is 12.2. The van der Waals surface area contributed by atoms with Crippen LogP contribution in [0.25, 0.3) is 10.6 Å². The second-order valence-corrected chi connectivity index (χ2v) is 6.82. The van der Waals surface area contributed by atoms with Crippen molar-refractivity contribution in [1.29, 1.82) is 0 Å². The zero-order chi connectivity index (χ0) is 14.8. The van der Waals surface area contributed by atoms with Gasteiger partial charge >= 0.3 is 0 Å². The Balaban J connectivity index is 1.70. The first-order valence-corrected chi connectivity index (χ1v) is 8.12. The third kappa shape index (κ3) is 3.32. The minimum atomic E-state index is -0.414. The first kappa shape index (κ1) is 14.7. The van der Waals surface area contributed by atoms with Crippen molar-refractivity contribution < 1.29 is 5.11 Å². The summed E-state index contributed by atoms with van der Waals surface area (Å²) in [7, 11) is 0. The fraction of sp³-hybridized carbons (Fsp3) is 0.438. The van der Waals surface area contributed by atoms with Crippen molar-refractivity contribution in [2.45, 2.75) is 32.0 Å². The molecule has 2 atom stereocenters. The van der Waals surface area contributed by atoms with E-state index in [2.05, 4.69) is 28.9 Å². The summed E-state index contributed by atoms with van der Waals surface area (Å²) < 4.78 is 0. The van der Waals surface area contributed by atoms with Crippen molar-refractivity contribution in [1.82, 2.24) is 9.88 Å². The maximum Gasteiger partial charge on any atom is 0.123 e. The third-order valence-electron chi connectivity index (χ3n) is 4.03. The summed E-state index contributed by atoms with van der Waals surface area (Å²) in [4.78, 5) is 8.04. The van der Waals surface area contributed by atoms with Crippen molar-refractivity contribution in [2.75, 3.05) is 13.1 Å². The highest BCUT2D eigenvalue weighted by Crippen LogP contribution is 2.28. The average molecular weight is 303 g/mol. The zero-order valence-corrected chi connectivity index (χ0v) is 13.0. The number of aromatic nitrogens is 1. The van der Waals surface area contributed by atoms with Crippen LogP contribution >= 0.6 is 11.3 Å². The molecule has 5 heteroatoms. The summed E-state index contributed by atoms with van der Waals surface area (Å²) in [5.41, 5.74) is 8.30. The van der Waals surface area contributed by atoms with E-state index in [1.54, 1.807) is 11.3 Å². The number of aryl methyl sites for hydroxylation is 1. The Morgan fingerprint density at radius 3 is 3.00 bits per heavy atom. The monoisotopic (exact) mass is 303 g/mol. The molecular formula is C16H21N3OS. The molecule has 0 saturated carbocycles. The van der Waals surface area contributed by atoms with Gasteiger partial charge in [0, 0.05) is 42.3 Å². The summed E-state index contributed by atoms with van der Waals surface area (Å²) in [6.07, 6.45) is 2.39. The molecule has 4 nitrogen and oxygen atoms in total. The summed E-state index contributed by atoms with van der Waals surface area (Å²) in [5, 5.41) is 10.9. The van der Waals surface area contributed by atoms with E-state index in [1.807, 2.05) is 18.3 Å². The third-order valence-corrected chi connectivity index (χ3v) is 5.04. The minimum absolute atomic E-state index is 0.0785. The molecule has 21 heavy (non-hydrogen) atoms. The van der Waals surface area contributed by atoms with Crippen LogP contribution in [-0.4, -0.2) is 40.2 Å². The smallest absolute Gasteiger partial charge is 0.123 e. The number of likely N-dealkylation sites (tertiary alicyclic amines) is 1. The van der Waals surface area contributed by atoms with Gasteiger partial charge in [0.15, 0.2) is 0 Å². The van der Waals surface area contributed by atoms with Crippen LogP contribution in [0.4, 0.5) is 0 Å². The lowest BCUT2D eigenvalue weighted by Gasteiger charge is -2.33. The lowest BCUT2D eigenvalue weighted by molar-refractivity contribution is 0.0504. The Bertz CT molecular complexity index is 613. The highest BCUT2D eigenvalue weighted by molar-refractivity contribution is 7.15. The van der Waals surface area contributed by atoms with E-state index in [1.165, 1.54) is 16.0 Å². The van der Waals surface area contributed by atoms with Gasteiger partial charge in [0.25, 0.3) is 0 Å². The molecule has 0 aliphatic carbocycles. The molecule has 0 radical (unpaired) electrons. The Morgan fingerprint density at radius 1 is 1.43 bits per heavy atom. The van der Waals surface area contributed by atoms with Gasteiger partial charge < -0.3 is 10.8 Å². The van der Waals surface area contributed by atoms with Gasteiger partial charge in [-0.25, -0.2) is 4.98 Å². The summed E-state index contributed by atoms with van der Waals surface area (Å²) in [6.45, 7) is 4.54. The van der Waals surface area contributed by atoms with E-state index in [-0.39, 0.29) is 6.04 Å². The van der Waals surface area contributed by atoms with Crippen LogP contribution < -0.4 is 5.73 Å². The first-order valence-electron chi connectivity index (χ1n) is 7.30. The summed E-state index contributed by atoms with van der Waals surface area (Å²) in [6, 6.07) is 8.24. The molecule has 2 heterocycles. The fourth-order valence-corrected chi connectivity index (χ4v) is 3.74. The predicted molar refractivity (Wildman–Crippen MR) is 86.2 cm³/mol. The van der Waals surface area contributed by atoms with E-state index in [9.17, 15) is 5.11 Å². The molecule has 1 saturated heterocycles. The van der Waals surface area contributed by atoms with Crippen LogP contribution in [0.1, 0.15) is 16.9 Å². The first-order chi connectivity index (χ1) is 10.1. The number of aliphatic hydroxyl groups excluding tert-OH is 1. The quantitative estimate of drug-likeness (QED) is 0.910. The van der Waals surface area contributed by atoms with E-state index in [0.29, 0.717) is 6.54 Å². The molecule has 3 N–H and O–H groups in total. The van der Waals surface area contributed by atoms with Crippen LogP contribution in [0.3, 0.4) is 0 Å². The van der Waals surface area contributed by atoms with Crippen molar-refractivity contribution >= 4 is 11.3 Å². The number of aliphatic hydroxyl groups is 1. The SMILES string of the molecule is Cc1ccccc1-c1ncc(CN2CC[C@@H](N)[C@H](O)C2)s1. The Labute approximate surface area is 129 Å². The lowest BCUT2D eigenvalue weighted by atomic mass is 10.0. The number of β-amino-alcohol motifs (C(OH)–C–C–N with tert-alkyl or cyclic N) is 1. The summed E-state index contributed by atoms with van der Waals surface area (Å²) in [5.74, 6) is 0. The molecule has 1 aromatic heterocycles. The Kier molecular flexibility index (Phi) is 4.35. The van der Waals surface area contributed by atoms with E-state index >= 15 is 0 Å². The number of rotatable bonds is 3. The number of benzene rings is 1. The van der Waals surface area contributed by atoms with Crippen LogP contribution in [-0.2, 0) is 6.54 Å². The largest absolute Gasteiger partial charge is 0.390 e. The number of nitrogens with two attached hydrogens (primary N) is 1. The number of piperidine rings is 1. The fourth-order valence-electron chi connectivity index (χ4n) is 2.70. The predicted octanol–water partition coefficient (Wildman–Crippen LogP) is 2.01. The average Bonchev–Trinajstić information content (AvgIpc) is 2.92. The van der Waals surface area contributed by atoms with E-state index < -0.39 is 6.10 Å². The minimum Gasteiger partial charge on any atom is -0.390 e. The maximum absolute atomic E-state index is 9.87. The second kappa shape index (κ2) is 6.23. The highest BCUT2D eigenvalue weighted by atomic mass is 32.1. The molecule has 0 bridgehead atoms. The number of hydrogen-bond donors (Lipinski definition) is 2. The normalized spacial score (nSPS) is 23.4. The molecule has 0 amide bonds. The van der Waals surface area contributed by atoms with Crippen LogP contribution in [0, 0.1) is 6.92 Å². The molecule has 1 fully saturated rings. The van der Waals surface area contributed by atoms with Gasteiger partial charge in [0.2, 0.25) is 0 Å². The second-order valence-electron chi connectivity index (χ2n) is 5.70. The number of thiazole rings is 1. The van der Waals surface area contributed by atoms with E-state index in [0.717, 1.165) is 24.5 Å². The van der Waals surface area contributed by atoms with Gasteiger partial charge in [-0.2, -0.15) is 0 Å². The van der Waals surface area contributed by atoms with Crippen molar-refractivity contribution in [3.63, 3.8) is 0 Å². The van der Waals surface area contributed by atoms with Crippen molar-refractivity contribution in [3.8, 4) is 10.6 Å². The van der Waals surface area contributed by atoms with Gasteiger partial charge in [0.05, 0.1) is 6.10 Å². The molecule has 112 valence electrons. The van der Waals surface area contributed by atoms with Crippen molar-refractivity contribution in [2.24, 2.45) is 5.73 Å². The summed E-state index contributed by atoms with van der Waals surface area (Å²) >= 11 is 1.73. The topological polar surface area (TPSA) is 62.4 Å². The molecule has 1 aliphatic heterocycles. The highest BCUT2D eigenvalue weighted by Gasteiger charge is 2.25. The number of nitrogens with zero attached hydrogens (tertiary/aromatic N) is 2. The molecule has 0 spiro atoms. The number of hydrogen-bond acceptors (Lipinski definition) is 5.